The first kappa shape index (κ1) is 20.1. The van der Waals surface area contributed by atoms with Crippen molar-refractivity contribution >= 4 is 33.4 Å². The number of anilines is 1. The zero-order valence-electron chi connectivity index (χ0n) is 14.8. The molecule has 0 atom stereocenters. The average Bonchev–Trinajstić information content (AvgIpc) is 2.94. The summed E-state index contributed by atoms with van der Waals surface area (Å²) in [5.74, 6) is 0.606. The summed E-state index contributed by atoms with van der Waals surface area (Å²) < 4.78 is 27.3. The molecule has 1 N–H and O–H groups in total. The molecule has 0 saturated heterocycles. The number of aryl methyl sites for hydroxylation is 1. The molecule has 2 aromatic rings. The number of hydrogen-bond acceptors (Lipinski definition) is 6. The Morgan fingerprint density at radius 1 is 1.38 bits per heavy atom. The van der Waals surface area contributed by atoms with Crippen LogP contribution < -0.4 is 5.32 Å². The van der Waals surface area contributed by atoms with Crippen LogP contribution in [0, 0.1) is 6.92 Å². The number of hydrogen-bond donors (Lipinski definition) is 1. The molecule has 0 radical (unpaired) electrons. The van der Waals surface area contributed by atoms with Gasteiger partial charge in [-0.15, -0.1) is 16.8 Å². The van der Waals surface area contributed by atoms with E-state index in [1.54, 1.807) is 18.2 Å². The Morgan fingerprint density at radius 3 is 2.77 bits per heavy atom. The zero-order valence-corrected chi connectivity index (χ0v) is 16.5. The van der Waals surface area contributed by atoms with Crippen LogP contribution in [0.4, 0.5) is 5.69 Å². The number of nitrogens with one attached hydrogen (secondary N) is 1. The molecule has 10 heteroatoms. The van der Waals surface area contributed by atoms with E-state index in [1.165, 1.54) is 38.0 Å². The van der Waals surface area contributed by atoms with Crippen molar-refractivity contribution in [2.75, 3.05) is 25.2 Å². The Morgan fingerprint density at radius 2 is 2.12 bits per heavy atom. The second kappa shape index (κ2) is 8.47. The van der Waals surface area contributed by atoms with Crippen LogP contribution in [0.3, 0.4) is 0 Å². The summed E-state index contributed by atoms with van der Waals surface area (Å²) >= 11 is 1.25. The average molecular weight is 396 g/mol. The van der Waals surface area contributed by atoms with Crippen LogP contribution in [0.25, 0.3) is 0 Å². The van der Waals surface area contributed by atoms with Crippen molar-refractivity contribution < 1.29 is 13.2 Å². The first-order valence-corrected chi connectivity index (χ1v) is 10.1. The third-order valence-corrected chi connectivity index (χ3v) is 6.22. The van der Waals surface area contributed by atoms with Gasteiger partial charge in [-0.05, 0) is 25.1 Å². The summed E-state index contributed by atoms with van der Waals surface area (Å²) in [6, 6.07) is 6.15. The molecule has 0 fully saturated rings. The molecule has 0 spiro atoms. The SMILES string of the molecule is C=CCn1c(C)nnc1SCC(=O)Nc1cccc(S(=O)(=O)N(C)C)c1. The summed E-state index contributed by atoms with van der Waals surface area (Å²) in [5.41, 5.74) is 0.419. The van der Waals surface area contributed by atoms with Crippen LogP contribution in [0.1, 0.15) is 5.82 Å². The second-order valence-electron chi connectivity index (χ2n) is 5.58. The highest BCUT2D eigenvalue weighted by Crippen LogP contribution is 2.20. The first-order chi connectivity index (χ1) is 12.3. The van der Waals surface area contributed by atoms with Gasteiger partial charge in [-0.1, -0.05) is 23.9 Å². The largest absolute Gasteiger partial charge is 0.325 e. The van der Waals surface area contributed by atoms with Gasteiger partial charge in [0.15, 0.2) is 5.16 Å². The molecule has 1 aromatic heterocycles. The van der Waals surface area contributed by atoms with E-state index < -0.39 is 10.0 Å². The van der Waals surface area contributed by atoms with Gasteiger partial charge in [-0.25, -0.2) is 12.7 Å². The van der Waals surface area contributed by atoms with Gasteiger partial charge in [-0.3, -0.25) is 4.79 Å². The maximum atomic E-state index is 12.2. The lowest BCUT2D eigenvalue weighted by molar-refractivity contribution is -0.113. The minimum atomic E-state index is -3.55. The third-order valence-electron chi connectivity index (χ3n) is 3.44. The van der Waals surface area contributed by atoms with E-state index in [2.05, 4.69) is 22.1 Å². The molecule has 0 unspecified atom stereocenters. The number of carbonyl (C=O) groups excluding carboxylic acids is 1. The van der Waals surface area contributed by atoms with Gasteiger partial charge in [0.05, 0.1) is 10.6 Å². The Labute approximate surface area is 157 Å². The van der Waals surface area contributed by atoms with Crippen LogP contribution in [0.5, 0.6) is 0 Å². The predicted octanol–water partition coefficient (Wildman–Crippen LogP) is 1.75. The molecule has 0 saturated carbocycles. The molecular formula is C16H21N5O3S2. The van der Waals surface area contributed by atoms with E-state index in [4.69, 9.17) is 0 Å². The lowest BCUT2D eigenvalue weighted by Crippen LogP contribution is -2.22. The summed E-state index contributed by atoms with van der Waals surface area (Å²) in [7, 11) is -0.640. The topological polar surface area (TPSA) is 97.2 Å². The number of benzene rings is 1. The van der Waals surface area contributed by atoms with Crippen LogP contribution >= 0.6 is 11.8 Å². The number of thioether (sulfide) groups is 1. The number of sulfonamides is 1. The summed E-state index contributed by atoms with van der Waals surface area (Å²) in [5, 5.41) is 11.4. The van der Waals surface area contributed by atoms with Gasteiger partial charge in [-0.2, -0.15) is 0 Å². The van der Waals surface area contributed by atoms with Gasteiger partial charge < -0.3 is 9.88 Å². The number of nitrogens with zero attached hydrogens (tertiary/aromatic N) is 4. The third kappa shape index (κ3) is 4.71. The molecule has 0 bridgehead atoms. The highest BCUT2D eigenvalue weighted by atomic mass is 32.2. The van der Waals surface area contributed by atoms with Crippen molar-refractivity contribution in [3.8, 4) is 0 Å². The molecule has 140 valence electrons. The fraction of sp³-hybridized carbons (Fsp3) is 0.312. The van der Waals surface area contributed by atoms with E-state index in [0.29, 0.717) is 17.4 Å². The molecule has 2 rings (SSSR count). The number of carbonyl (C=O) groups is 1. The molecule has 0 aliphatic heterocycles. The summed E-state index contributed by atoms with van der Waals surface area (Å²) in [4.78, 5) is 12.3. The van der Waals surface area contributed by atoms with Crippen molar-refractivity contribution in [1.82, 2.24) is 19.1 Å². The van der Waals surface area contributed by atoms with Crippen molar-refractivity contribution in [3.63, 3.8) is 0 Å². The Kier molecular flexibility index (Phi) is 6.57. The summed E-state index contributed by atoms with van der Waals surface area (Å²) in [6.07, 6.45) is 1.73. The second-order valence-corrected chi connectivity index (χ2v) is 8.68. The minimum Gasteiger partial charge on any atom is -0.325 e. The molecule has 1 amide bonds. The maximum Gasteiger partial charge on any atom is 0.242 e. The number of amides is 1. The highest BCUT2D eigenvalue weighted by molar-refractivity contribution is 7.99. The van der Waals surface area contributed by atoms with Gasteiger partial charge in [0.2, 0.25) is 15.9 Å². The van der Waals surface area contributed by atoms with Crippen molar-refractivity contribution in [3.05, 3.63) is 42.7 Å². The number of rotatable bonds is 8. The molecular weight excluding hydrogens is 374 g/mol. The quantitative estimate of drug-likeness (QED) is 0.540. The van der Waals surface area contributed by atoms with Crippen LogP contribution in [0.15, 0.2) is 47.0 Å². The maximum absolute atomic E-state index is 12.2. The monoisotopic (exact) mass is 395 g/mol. The molecule has 26 heavy (non-hydrogen) atoms. The van der Waals surface area contributed by atoms with Crippen molar-refractivity contribution in [2.24, 2.45) is 0 Å². The fourth-order valence-electron chi connectivity index (χ4n) is 2.08. The van der Waals surface area contributed by atoms with E-state index >= 15 is 0 Å². The molecule has 8 nitrogen and oxygen atoms in total. The first-order valence-electron chi connectivity index (χ1n) is 7.71. The van der Waals surface area contributed by atoms with Gasteiger partial charge >= 0.3 is 0 Å². The fourth-order valence-corrected chi connectivity index (χ4v) is 3.82. The minimum absolute atomic E-state index is 0.120. The van der Waals surface area contributed by atoms with Gasteiger partial charge in [0, 0.05) is 26.3 Å². The van der Waals surface area contributed by atoms with E-state index in [1.807, 2.05) is 11.5 Å². The van der Waals surface area contributed by atoms with Crippen molar-refractivity contribution in [1.29, 1.82) is 0 Å². The zero-order chi connectivity index (χ0) is 19.3. The van der Waals surface area contributed by atoms with Crippen LogP contribution in [-0.2, 0) is 21.4 Å². The molecule has 0 aliphatic carbocycles. The summed E-state index contributed by atoms with van der Waals surface area (Å²) in [6.45, 7) is 6.09. The van der Waals surface area contributed by atoms with E-state index in [9.17, 15) is 13.2 Å². The van der Waals surface area contributed by atoms with E-state index in [-0.39, 0.29) is 16.6 Å². The number of allylic oxidation sites excluding steroid dienone is 1. The Balaban J connectivity index is 2.04. The highest BCUT2D eigenvalue weighted by Gasteiger charge is 2.18. The standard InChI is InChI=1S/C16H21N5O3S2/c1-5-9-21-12(2)18-19-16(21)25-11-15(22)17-13-7-6-8-14(10-13)26(23,24)20(3)4/h5-8,10H,1,9,11H2,2-4H3,(H,17,22). The smallest absolute Gasteiger partial charge is 0.242 e. The lowest BCUT2D eigenvalue weighted by atomic mass is 10.3. The van der Waals surface area contributed by atoms with Gasteiger partial charge in [0.25, 0.3) is 0 Å². The normalized spacial score (nSPS) is 11.5. The Bertz CT molecular complexity index is 906. The molecule has 1 heterocycles. The van der Waals surface area contributed by atoms with Crippen molar-refractivity contribution in [2.45, 2.75) is 23.5 Å². The molecule has 0 aliphatic rings. The lowest BCUT2D eigenvalue weighted by Gasteiger charge is -2.12. The predicted molar refractivity (Wildman–Crippen MR) is 102 cm³/mol. The molecule has 1 aromatic carbocycles. The van der Waals surface area contributed by atoms with Gasteiger partial charge in [0.1, 0.15) is 5.82 Å². The van der Waals surface area contributed by atoms with E-state index in [0.717, 1.165) is 10.1 Å². The Hall–Kier alpha value is -2.17. The van der Waals surface area contributed by atoms with Crippen LogP contribution in [-0.4, -0.2) is 53.2 Å². The number of aromatic nitrogens is 3. The van der Waals surface area contributed by atoms with Crippen LogP contribution in [0.2, 0.25) is 0 Å².